The van der Waals surface area contributed by atoms with E-state index in [1.807, 2.05) is 31.2 Å². The third kappa shape index (κ3) is 6.23. The van der Waals surface area contributed by atoms with E-state index in [4.69, 9.17) is 9.47 Å². The number of carbonyl (C=O) groups is 4. The molecule has 1 aliphatic heterocycles. The maximum atomic E-state index is 12.6. The third-order valence-electron chi connectivity index (χ3n) is 4.72. The van der Waals surface area contributed by atoms with Gasteiger partial charge in [-0.25, -0.2) is 4.79 Å². The van der Waals surface area contributed by atoms with Crippen molar-refractivity contribution in [1.82, 2.24) is 4.90 Å². The molecule has 0 bridgehead atoms. The summed E-state index contributed by atoms with van der Waals surface area (Å²) in [5.74, 6) is -0.977. The summed E-state index contributed by atoms with van der Waals surface area (Å²) in [6.45, 7) is 5.09. The lowest BCUT2D eigenvalue weighted by Crippen LogP contribution is -2.42. The largest absolute Gasteiger partial charge is 0.484 e. The van der Waals surface area contributed by atoms with E-state index >= 15 is 0 Å². The number of anilines is 1. The van der Waals surface area contributed by atoms with Crippen molar-refractivity contribution in [3.8, 4) is 5.75 Å². The van der Waals surface area contributed by atoms with E-state index in [0.717, 1.165) is 22.2 Å². The van der Waals surface area contributed by atoms with Gasteiger partial charge in [0, 0.05) is 5.69 Å². The van der Waals surface area contributed by atoms with Crippen LogP contribution < -0.4 is 10.1 Å². The number of rotatable bonds is 8. The van der Waals surface area contributed by atoms with Crippen LogP contribution in [0.3, 0.4) is 0 Å². The zero-order valence-corrected chi connectivity index (χ0v) is 19.3. The molecule has 3 amide bonds. The Morgan fingerprint density at radius 3 is 2.39 bits per heavy atom. The molecule has 1 saturated heterocycles. The zero-order valence-electron chi connectivity index (χ0n) is 18.5. The topological polar surface area (TPSA) is 102 Å². The molecule has 9 heteroatoms. The van der Waals surface area contributed by atoms with Crippen LogP contribution in [0.4, 0.5) is 10.5 Å². The van der Waals surface area contributed by atoms with Crippen LogP contribution >= 0.6 is 11.8 Å². The highest BCUT2D eigenvalue weighted by Gasteiger charge is 2.41. The van der Waals surface area contributed by atoms with Crippen LogP contribution in [0.5, 0.6) is 5.75 Å². The van der Waals surface area contributed by atoms with Crippen LogP contribution in [0, 0.1) is 6.92 Å². The van der Waals surface area contributed by atoms with Crippen LogP contribution in [0.15, 0.2) is 53.4 Å². The molecule has 0 spiro atoms. The molecule has 2 aromatic rings. The summed E-state index contributed by atoms with van der Waals surface area (Å²) < 4.78 is 10.4. The van der Waals surface area contributed by atoms with E-state index in [1.165, 1.54) is 6.92 Å². The number of aryl methyl sites for hydroxylation is 1. The molecule has 1 aliphatic rings. The van der Waals surface area contributed by atoms with Gasteiger partial charge < -0.3 is 14.8 Å². The fourth-order valence-electron chi connectivity index (χ4n) is 2.98. The van der Waals surface area contributed by atoms with Crippen LogP contribution in [0.2, 0.25) is 0 Å². The minimum absolute atomic E-state index is 0.155. The number of hydrogen-bond acceptors (Lipinski definition) is 7. The number of nitrogens with one attached hydrogen (secondary N) is 1. The van der Waals surface area contributed by atoms with Crippen molar-refractivity contribution in [1.29, 1.82) is 0 Å². The minimum Gasteiger partial charge on any atom is -0.484 e. The van der Waals surface area contributed by atoms with Crippen molar-refractivity contribution >= 4 is 46.5 Å². The van der Waals surface area contributed by atoms with Crippen molar-refractivity contribution in [3.05, 3.63) is 64.6 Å². The van der Waals surface area contributed by atoms with Crippen LogP contribution in [-0.4, -0.2) is 47.2 Å². The van der Waals surface area contributed by atoms with Crippen molar-refractivity contribution in [3.63, 3.8) is 0 Å². The Morgan fingerprint density at radius 1 is 1.09 bits per heavy atom. The molecule has 3 rings (SSSR count). The SMILES string of the molecule is CCOC(=O)C(C)N1C(=O)S/C(=C/c2ccc(OCC(=O)Nc3ccc(C)cc3)cc2)C1=O. The molecule has 8 nitrogen and oxygen atoms in total. The number of nitrogens with zero attached hydrogens (tertiary/aromatic N) is 1. The number of amides is 3. The molecule has 172 valence electrons. The summed E-state index contributed by atoms with van der Waals surface area (Å²) >= 11 is 0.767. The lowest BCUT2D eigenvalue weighted by atomic mass is 10.2. The molecule has 0 radical (unpaired) electrons. The van der Waals surface area contributed by atoms with Gasteiger partial charge in [-0.15, -0.1) is 0 Å². The normalized spacial score (nSPS) is 15.5. The Bertz CT molecular complexity index is 1080. The molecule has 33 heavy (non-hydrogen) atoms. The zero-order chi connectivity index (χ0) is 24.0. The second kappa shape index (κ2) is 10.8. The van der Waals surface area contributed by atoms with E-state index in [9.17, 15) is 19.2 Å². The lowest BCUT2D eigenvalue weighted by Gasteiger charge is -2.19. The molecule has 0 aromatic heterocycles. The summed E-state index contributed by atoms with van der Waals surface area (Å²) in [5.41, 5.74) is 2.46. The molecule has 1 atom stereocenters. The molecule has 0 aliphatic carbocycles. The summed E-state index contributed by atoms with van der Waals surface area (Å²) in [6.07, 6.45) is 1.57. The van der Waals surface area contributed by atoms with Crippen LogP contribution in [0.25, 0.3) is 6.08 Å². The van der Waals surface area contributed by atoms with Gasteiger partial charge in [0.15, 0.2) is 6.61 Å². The average Bonchev–Trinajstić information content (AvgIpc) is 3.07. The molecule has 1 unspecified atom stereocenters. The predicted octanol–water partition coefficient (Wildman–Crippen LogP) is 4.00. The molecule has 0 saturated carbocycles. The predicted molar refractivity (Wildman–Crippen MR) is 126 cm³/mol. The number of ether oxygens (including phenoxy) is 2. The Morgan fingerprint density at radius 2 is 1.76 bits per heavy atom. The van der Waals surface area contributed by atoms with Gasteiger partial charge in [-0.1, -0.05) is 29.8 Å². The Hall–Kier alpha value is -3.59. The number of imide groups is 1. The highest BCUT2D eigenvalue weighted by Crippen LogP contribution is 2.34. The second-order valence-corrected chi connectivity index (χ2v) is 8.24. The minimum atomic E-state index is -0.995. The number of benzene rings is 2. The Labute approximate surface area is 195 Å². The quantitative estimate of drug-likeness (QED) is 0.461. The van der Waals surface area contributed by atoms with Crippen molar-refractivity contribution < 1.29 is 28.7 Å². The lowest BCUT2D eigenvalue weighted by molar-refractivity contribution is -0.150. The first-order chi connectivity index (χ1) is 15.8. The van der Waals surface area contributed by atoms with Gasteiger partial charge in [-0.2, -0.15) is 0 Å². The summed E-state index contributed by atoms with van der Waals surface area (Å²) in [5, 5.41) is 2.23. The first-order valence-electron chi connectivity index (χ1n) is 10.3. The summed E-state index contributed by atoms with van der Waals surface area (Å²) in [7, 11) is 0. The van der Waals surface area contributed by atoms with Gasteiger partial charge in [0.1, 0.15) is 11.8 Å². The van der Waals surface area contributed by atoms with E-state index in [2.05, 4.69) is 5.32 Å². The smallest absolute Gasteiger partial charge is 0.329 e. The van der Waals surface area contributed by atoms with Gasteiger partial charge in [0.05, 0.1) is 11.5 Å². The monoisotopic (exact) mass is 468 g/mol. The highest BCUT2D eigenvalue weighted by molar-refractivity contribution is 8.18. The maximum Gasteiger partial charge on any atom is 0.329 e. The number of carbonyl (C=O) groups excluding carboxylic acids is 4. The van der Waals surface area contributed by atoms with Crippen molar-refractivity contribution in [2.45, 2.75) is 26.8 Å². The standard InChI is InChI=1S/C24H24N2O6S/c1-4-31-23(29)16(3)26-22(28)20(33-24(26)30)13-17-7-11-19(12-8-17)32-14-21(27)25-18-9-5-15(2)6-10-18/h5-13,16H,4,14H2,1-3H3,(H,25,27)/b20-13+. The second-order valence-electron chi connectivity index (χ2n) is 7.25. The van der Waals surface area contributed by atoms with Crippen LogP contribution in [0.1, 0.15) is 25.0 Å². The molecule has 1 fully saturated rings. The molecular formula is C24H24N2O6S. The fourth-order valence-corrected chi connectivity index (χ4v) is 3.88. The van der Waals surface area contributed by atoms with E-state index in [-0.39, 0.29) is 24.0 Å². The van der Waals surface area contributed by atoms with Crippen LogP contribution in [-0.2, 0) is 19.1 Å². The number of thioether (sulfide) groups is 1. The first kappa shape index (κ1) is 24.1. The fraction of sp³-hybridized carbons (Fsp3) is 0.250. The van der Waals surface area contributed by atoms with Gasteiger partial charge in [0.2, 0.25) is 0 Å². The number of hydrogen-bond donors (Lipinski definition) is 1. The van der Waals surface area contributed by atoms with Gasteiger partial charge in [-0.05, 0) is 68.4 Å². The third-order valence-corrected chi connectivity index (χ3v) is 5.61. The summed E-state index contributed by atoms with van der Waals surface area (Å²) in [4.78, 5) is 49.9. The van der Waals surface area contributed by atoms with E-state index in [1.54, 1.807) is 37.3 Å². The highest BCUT2D eigenvalue weighted by atomic mass is 32.2. The maximum absolute atomic E-state index is 12.6. The Balaban J connectivity index is 1.58. The average molecular weight is 469 g/mol. The van der Waals surface area contributed by atoms with Crippen molar-refractivity contribution in [2.75, 3.05) is 18.5 Å². The van der Waals surface area contributed by atoms with E-state index < -0.39 is 23.2 Å². The van der Waals surface area contributed by atoms with Gasteiger partial charge in [0.25, 0.3) is 17.1 Å². The van der Waals surface area contributed by atoms with Gasteiger partial charge in [-0.3, -0.25) is 19.3 Å². The molecule has 2 aromatic carbocycles. The van der Waals surface area contributed by atoms with E-state index in [0.29, 0.717) is 17.0 Å². The van der Waals surface area contributed by atoms with Gasteiger partial charge >= 0.3 is 5.97 Å². The molecular weight excluding hydrogens is 444 g/mol. The molecule has 1 N–H and O–H groups in total. The molecule has 1 heterocycles. The van der Waals surface area contributed by atoms with Crippen molar-refractivity contribution in [2.24, 2.45) is 0 Å². The summed E-state index contributed by atoms with van der Waals surface area (Å²) in [6, 6.07) is 13.2. The first-order valence-corrected chi connectivity index (χ1v) is 11.1. The number of esters is 1. The Kier molecular flexibility index (Phi) is 7.89.